The second-order valence-corrected chi connectivity index (χ2v) is 6.92. The van der Waals surface area contributed by atoms with Gasteiger partial charge in [0.05, 0.1) is 11.9 Å². The molecule has 0 saturated carbocycles. The van der Waals surface area contributed by atoms with Crippen molar-refractivity contribution in [1.82, 2.24) is 24.9 Å². The standard InChI is InChI=1S/C23H12F3N5O/c24-14-6-13(7-15(25)8-14)21(32)23-29-19-9-17(16-3-5-28-11-18(16)26)20(30-22(19)31-23)12-2-1-4-27-10-12/h1-11H,(H,29,30,31). The fraction of sp³-hybridized carbons (Fsp3) is 0. The minimum absolute atomic E-state index is 0.151. The molecule has 0 unspecified atom stereocenters. The molecule has 6 nitrogen and oxygen atoms in total. The lowest BCUT2D eigenvalue weighted by Gasteiger charge is -2.09. The number of nitrogens with zero attached hydrogens (tertiary/aromatic N) is 4. The number of benzene rings is 1. The Hall–Kier alpha value is -4.40. The van der Waals surface area contributed by atoms with Gasteiger partial charge in [0.25, 0.3) is 0 Å². The average molecular weight is 431 g/mol. The molecule has 0 fully saturated rings. The summed E-state index contributed by atoms with van der Waals surface area (Å²) in [5.41, 5.74) is 2.04. The maximum Gasteiger partial charge on any atom is 0.228 e. The summed E-state index contributed by atoms with van der Waals surface area (Å²) in [4.78, 5) is 32.2. The lowest BCUT2D eigenvalue weighted by atomic mass is 10.0. The first-order valence-electron chi connectivity index (χ1n) is 9.41. The Balaban J connectivity index is 1.70. The molecule has 32 heavy (non-hydrogen) atoms. The van der Waals surface area contributed by atoms with Gasteiger partial charge in [-0.3, -0.25) is 14.8 Å². The first kappa shape index (κ1) is 19.6. The highest BCUT2D eigenvalue weighted by atomic mass is 19.1. The summed E-state index contributed by atoms with van der Waals surface area (Å²) < 4.78 is 41.6. The van der Waals surface area contributed by atoms with Gasteiger partial charge in [0.15, 0.2) is 11.5 Å². The summed E-state index contributed by atoms with van der Waals surface area (Å²) in [6, 6.07) is 9.09. The van der Waals surface area contributed by atoms with Gasteiger partial charge in [-0.2, -0.15) is 0 Å². The molecule has 0 amide bonds. The quantitative estimate of drug-likeness (QED) is 0.416. The molecule has 156 valence electrons. The minimum Gasteiger partial charge on any atom is -0.320 e. The smallest absolute Gasteiger partial charge is 0.228 e. The number of imidazole rings is 1. The van der Waals surface area contributed by atoms with Crippen LogP contribution in [0.4, 0.5) is 13.2 Å². The summed E-state index contributed by atoms with van der Waals surface area (Å²) in [6.45, 7) is 0. The van der Waals surface area contributed by atoms with Crippen molar-refractivity contribution < 1.29 is 18.0 Å². The number of aromatic nitrogens is 5. The van der Waals surface area contributed by atoms with Crippen molar-refractivity contribution >= 4 is 16.9 Å². The Morgan fingerprint density at radius 1 is 0.844 bits per heavy atom. The van der Waals surface area contributed by atoms with Crippen molar-refractivity contribution in [3.05, 3.63) is 96.1 Å². The highest BCUT2D eigenvalue weighted by molar-refractivity contribution is 6.08. The minimum atomic E-state index is -0.878. The molecule has 0 aliphatic heterocycles. The van der Waals surface area contributed by atoms with Crippen LogP contribution in [0.25, 0.3) is 33.5 Å². The van der Waals surface area contributed by atoms with E-state index in [1.807, 2.05) is 0 Å². The molecule has 0 bridgehead atoms. The van der Waals surface area contributed by atoms with Gasteiger partial charge in [0, 0.05) is 46.9 Å². The van der Waals surface area contributed by atoms with Crippen molar-refractivity contribution in [3.63, 3.8) is 0 Å². The number of rotatable bonds is 4. The summed E-state index contributed by atoms with van der Waals surface area (Å²) in [5, 5.41) is 0. The third-order valence-corrected chi connectivity index (χ3v) is 4.81. The summed E-state index contributed by atoms with van der Waals surface area (Å²) >= 11 is 0. The van der Waals surface area contributed by atoms with Crippen molar-refractivity contribution in [2.75, 3.05) is 0 Å². The Labute approximate surface area is 178 Å². The number of halogens is 3. The van der Waals surface area contributed by atoms with Crippen LogP contribution in [0.5, 0.6) is 0 Å². The van der Waals surface area contributed by atoms with Gasteiger partial charge in [0.2, 0.25) is 5.78 Å². The zero-order valence-corrected chi connectivity index (χ0v) is 16.2. The molecule has 5 aromatic rings. The molecule has 4 heterocycles. The maximum atomic E-state index is 14.5. The van der Waals surface area contributed by atoms with Crippen LogP contribution in [0.2, 0.25) is 0 Å². The molecule has 5 rings (SSSR count). The predicted molar refractivity (Wildman–Crippen MR) is 110 cm³/mol. The molecule has 1 N–H and O–H groups in total. The predicted octanol–water partition coefficient (Wildman–Crippen LogP) is 4.73. The lowest BCUT2D eigenvalue weighted by molar-refractivity contribution is 0.102. The topological polar surface area (TPSA) is 84.4 Å². The second-order valence-electron chi connectivity index (χ2n) is 6.92. The van der Waals surface area contributed by atoms with Gasteiger partial charge in [-0.25, -0.2) is 23.1 Å². The maximum absolute atomic E-state index is 14.5. The molecule has 9 heteroatoms. The molecule has 1 aromatic carbocycles. The Bertz CT molecular complexity index is 1460. The normalized spacial score (nSPS) is 11.1. The van der Waals surface area contributed by atoms with Crippen molar-refractivity contribution in [2.45, 2.75) is 0 Å². The molecule has 0 atom stereocenters. The zero-order chi connectivity index (χ0) is 22.2. The molecular weight excluding hydrogens is 419 g/mol. The molecule has 4 aromatic heterocycles. The molecule has 0 aliphatic carbocycles. The van der Waals surface area contributed by atoms with E-state index in [4.69, 9.17) is 0 Å². The van der Waals surface area contributed by atoms with Crippen LogP contribution in [0.3, 0.4) is 0 Å². The largest absolute Gasteiger partial charge is 0.320 e. The molecular formula is C23H12F3N5O. The van der Waals surface area contributed by atoms with E-state index in [0.717, 1.165) is 18.3 Å². The van der Waals surface area contributed by atoms with Crippen LogP contribution in [-0.2, 0) is 0 Å². The number of carbonyl (C=O) groups is 1. The van der Waals surface area contributed by atoms with Gasteiger partial charge in [0.1, 0.15) is 23.0 Å². The number of pyridine rings is 3. The summed E-state index contributed by atoms with van der Waals surface area (Å²) in [5.74, 6) is -3.17. The van der Waals surface area contributed by atoms with E-state index in [0.29, 0.717) is 22.9 Å². The van der Waals surface area contributed by atoms with Crippen LogP contribution in [0, 0.1) is 17.5 Å². The van der Waals surface area contributed by atoms with Crippen LogP contribution >= 0.6 is 0 Å². The fourth-order valence-corrected chi connectivity index (χ4v) is 3.39. The van der Waals surface area contributed by atoms with Crippen molar-refractivity contribution in [3.8, 4) is 22.4 Å². The number of H-pyrrole nitrogens is 1. The average Bonchev–Trinajstić information content (AvgIpc) is 3.21. The lowest BCUT2D eigenvalue weighted by Crippen LogP contribution is -2.04. The number of fused-ring (bicyclic) bond motifs is 1. The van der Waals surface area contributed by atoms with Crippen LogP contribution in [0.1, 0.15) is 16.2 Å². The van der Waals surface area contributed by atoms with Crippen LogP contribution < -0.4 is 0 Å². The van der Waals surface area contributed by atoms with E-state index in [1.54, 1.807) is 30.6 Å². The van der Waals surface area contributed by atoms with Gasteiger partial charge >= 0.3 is 0 Å². The number of aromatic amines is 1. The van der Waals surface area contributed by atoms with Crippen molar-refractivity contribution in [1.29, 1.82) is 0 Å². The Kier molecular flexibility index (Phi) is 4.70. The van der Waals surface area contributed by atoms with Crippen molar-refractivity contribution in [2.24, 2.45) is 0 Å². The number of hydrogen-bond donors (Lipinski definition) is 1. The molecule has 0 saturated heterocycles. The van der Waals surface area contributed by atoms with Crippen LogP contribution in [-0.4, -0.2) is 30.7 Å². The van der Waals surface area contributed by atoms with Gasteiger partial charge in [-0.1, -0.05) is 0 Å². The highest BCUT2D eigenvalue weighted by Crippen LogP contribution is 2.33. The Morgan fingerprint density at radius 3 is 2.34 bits per heavy atom. The molecule has 0 radical (unpaired) electrons. The van der Waals surface area contributed by atoms with E-state index in [2.05, 4.69) is 24.9 Å². The number of hydrogen-bond acceptors (Lipinski definition) is 5. The van der Waals surface area contributed by atoms with E-state index < -0.39 is 23.2 Å². The zero-order valence-electron chi connectivity index (χ0n) is 16.2. The molecule has 0 spiro atoms. The number of nitrogens with one attached hydrogen (secondary N) is 1. The first-order chi connectivity index (χ1) is 15.5. The first-order valence-corrected chi connectivity index (χ1v) is 9.41. The number of carbonyl (C=O) groups excluding carboxylic acids is 1. The third-order valence-electron chi connectivity index (χ3n) is 4.81. The van der Waals surface area contributed by atoms with Crippen LogP contribution in [0.15, 0.2) is 67.3 Å². The van der Waals surface area contributed by atoms with Gasteiger partial charge < -0.3 is 4.98 Å². The number of ketones is 1. The van der Waals surface area contributed by atoms with E-state index in [9.17, 15) is 18.0 Å². The SMILES string of the molecule is O=C(c1cc(F)cc(F)c1)c1nc2cc(-c3ccncc3F)c(-c3cccnc3)nc2[nH]1. The van der Waals surface area contributed by atoms with E-state index in [-0.39, 0.29) is 28.1 Å². The van der Waals surface area contributed by atoms with E-state index >= 15 is 0 Å². The van der Waals surface area contributed by atoms with Gasteiger partial charge in [-0.05, 0) is 36.4 Å². The van der Waals surface area contributed by atoms with E-state index in [1.165, 1.54) is 12.3 Å². The fourth-order valence-electron chi connectivity index (χ4n) is 3.39. The summed E-state index contributed by atoms with van der Waals surface area (Å²) in [6.07, 6.45) is 5.71. The Morgan fingerprint density at radius 2 is 1.62 bits per heavy atom. The summed E-state index contributed by atoms with van der Waals surface area (Å²) in [7, 11) is 0. The monoisotopic (exact) mass is 431 g/mol. The van der Waals surface area contributed by atoms with Gasteiger partial charge in [-0.15, -0.1) is 0 Å². The second kappa shape index (κ2) is 7.69. The molecule has 0 aliphatic rings. The highest BCUT2D eigenvalue weighted by Gasteiger charge is 2.20. The third kappa shape index (κ3) is 3.49.